The molecule has 1 saturated heterocycles. The van der Waals surface area contributed by atoms with Gasteiger partial charge in [-0.05, 0) is 13.0 Å². The van der Waals surface area contributed by atoms with Crippen molar-refractivity contribution in [2.45, 2.75) is 18.7 Å². The number of Topliss-reactive ketones (excluding diaryl/α,β-unsaturated/α-hetero) is 1. The number of rotatable bonds is 2. The number of fused-ring (bicyclic) bond motifs is 1. The summed E-state index contributed by atoms with van der Waals surface area (Å²) < 4.78 is 10.5. The van der Waals surface area contributed by atoms with Gasteiger partial charge in [0.05, 0.1) is 11.1 Å². The molecule has 0 saturated carbocycles. The van der Waals surface area contributed by atoms with E-state index in [9.17, 15) is 9.59 Å². The summed E-state index contributed by atoms with van der Waals surface area (Å²) in [5.74, 6) is 0.870. The third kappa shape index (κ3) is 2.04. The molecule has 1 amide bonds. The third-order valence-corrected chi connectivity index (χ3v) is 3.53. The number of ketones is 1. The highest BCUT2D eigenvalue weighted by atomic mass is 35.5. The van der Waals surface area contributed by atoms with Gasteiger partial charge in [0.1, 0.15) is 0 Å². The summed E-state index contributed by atoms with van der Waals surface area (Å²) in [6.07, 6.45) is 0.285. The fraction of sp³-hybridized carbons (Fsp3) is 0.385. The zero-order valence-electron chi connectivity index (χ0n) is 10.3. The van der Waals surface area contributed by atoms with Crippen LogP contribution in [0, 0.1) is 0 Å². The number of anilines is 1. The van der Waals surface area contributed by atoms with E-state index in [2.05, 4.69) is 0 Å². The van der Waals surface area contributed by atoms with E-state index in [0.29, 0.717) is 29.3 Å². The molecule has 0 bridgehead atoms. The molecule has 0 N–H and O–H groups in total. The van der Waals surface area contributed by atoms with Crippen LogP contribution in [0.1, 0.15) is 23.7 Å². The number of hydrogen-bond donors (Lipinski definition) is 0. The minimum Gasteiger partial charge on any atom is -0.454 e. The molecular weight excluding hydrogens is 270 g/mol. The summed E-state index contributed by atoms with van der Waals surface area (Å²) in [6.45, 7) is 1.99. The molecule has 1 fully saturated rings. The number of hydrogen-bond acceptors (Lipinski definition) is 4. The Morgan fingerprint density at radius 1 is 1.37 bits per heavy atom. The van der Waals surface area contributed by atoms with E-state index in [0.717, 1.165) is 0 Å². The first-order valence-electron chi connectivity index (χ1n) is 5.95. The second-order valence-electron chi connectivity index (χ2n) is 4.58. The van der Waals surface area contributed by atoms with Gasteiger partial charge in [0.15, 0.2) is 17.3 Å². The van der Waals surface area contributed by atoms with Gasteiger partial charge in [0.2, 0.25) is 12.7 Å². The van der Waals surface area contributed by atoms with E-state index < -0.39 is 0 Å². The first-order valence-corrected chi connectivity index (χ1v) is 6.39. The molecule has 100 valence electrons. The van der Waals surface area contributed by atoms with Crippen LogP contribution in [0.3, 0.4) is 0 Å². The van der Waals surface area contributed by atoms with Crippen molar-refractivity contribution >= 4 is 29.0 Å². The fourth-order valence-electron chi connectivity index (χ4n) is 2.33. The van der Waals surface area contributed by atoms with E-state index in [1.165, 1.54) is 11.8 Å². The number of carbonyl (C=O) groups excluding carboxylic acids is 2. The Morgan fingerprint density at radius 3 is 2.63 bits per heavy atom. The van der Waals surface area contributed by atoms with Gasteiger partial charge >= 0.3 is 0 Å². The highest BCUT2D eigenvalue weighted by Gasteiger charge is 2.32. The lowest BCUT2D eigenvalue weighted by Crippen LogP contribution is -2.26. The number of amides is 1. The number of ether oxygens (including phenoxy) is 2. The smallest absolute Gasteiger partial charge is 0.231 e. The Labute approximate surface area is 115 Å². The van der Waals surface area contributed by atoms with Gasteiger partial charge in [0, 0.05) is 24.6 Å². The monoisotopic (exact) mass is 281 g/mol. The summed E-state index contributed by atoms with van der Waals surface area (Å²) in [5, 5.41) is -0.224. The van der Waals surface area contributed by atoms with Crippen molar-refractivity contribution < 1.29 is 19.1 Å². The molecule has 3 rings (SSSR count). The predicted molar refractivity (Wildman–Crippen MR) is 69.2 cm³/mol. The molecule has 19 heavy (non-hydrogen) atoms. The van der Waals surface area contributed by atoms with Crippen LogP contribution in [0.4, 0.5) is 5.69 Å². The van der Waals surface area contributed by atoms with Crippen molar-refractivity contribution in [2.24, 2.45) is 0 Å². The summed E-state index contributed by atoms with van der Waals surface area (Å²) in [7, 11) is 0. The summed E-state index contributed by atoms with van der Waals surface area (Å²) in [4.78, 5) is 25.2. The molecular formula is C13H12ClNO4. The van der Waals surface area contributed by atoms with Crippen LogP contribution in [-0.4, -0.2) is 30.4 Å². The number of carbonyl (C=O) groups is 2. The SMILES string of the molecule is CC(=O)c1cc2c(cc1N1CC(Cl)CC1=O)OCO2. The van der Waals surface area contributed by atoms with Crippen LogP contribution in [-0.2, 0) is 4.79 Å². The minimum absolute atomic E-state index is 0.0821. The maximum atomic E-state index is 11.9. The molecule has 1 unspecified atom stereocenters. The largest absolute Gasteiger partial charge is 0.454 e. The number of halogens is 1. The molecule has 0 aliphatic carbocycles. The van der Waals surface area contributed by atoms with Gasteiger partial charge in [-0.25, -0.2) is 0 Å². The number of alkyl halides is 1. The Balaban J connectivity index is 2.09. The van der Waals surface area contributed by atoms with E-state index in [-0.39, 0.29) is 30.3 Å². The summed E-state index contributed by atoms with van der Waals surface area (Å²) in [5.41, 5.74) is 0.994. The van der Waals surface area contributed by atoms with Gasteiger partial charge in [-0.3, -0.25) is 9.59 Å². The van der Waals surface area contributed by atoms with E-state index in [1.807, 2.05) is 0 Å². The standard InChI is InChI=1S/C13H12ClNO4/c1-7(16)9-3-11-12(19-6-18-11)4-10(9)15-5-8(14)2-13(15)17/h3-4,8H,2,5-6H2,1H3. The van der Waals surface area contributed by atoms with Crippen molar-refractivity contribution in [3.05, 3.63) is 17.7 Å². The van der Waals surface area contributed by atoms with Crippen molar-refractivity contribution in [2.75, 3.05) is 18.2 Å². The molecule has 5 nitrogen and oxygen atoms in total. The second-order valence-corrected chi connectivity index (χ2v) is 5.20. The molecule has 1 aromatic rings. The van der Waals surface area contributed by atoms with E-state index >= 15 is 0 Å². The maximum absolute atomic E-state index is 11.9. The third-order valence-electron chi connectivity index (χ3n) is 3.24. The van der Waals surface area contributed by atoms with Gasteiger partial charge in [-0.1, -0.05) is 0 Å². The van der Waals surface area contributed by atoms with E-state index in [1.54, 1.807) is 12.1 Å². The lowest BCUT2D eigenvalue weighted by molar-refractivity contribution is -0.117. The number of benzene rings is 1. The molecule has 6 heteroatoms. The van der Waals surface area contributed by atoms with Crippen molar-refractivity contribution in [3.8, 4) is 11.5 Å². The van der Waals surface area contributed by atoms with Gasteiger partial charge in [-0.2, -0.15) is 0 Å². The maximum Gasteiger partial charge on any atom is 0.231 e. The Bertz CT molecular complexity index is 572. The highest BCUT2D eigenvalue weighted by Crippen LogP contribution is 2.40. The quantitative estimate of drug-likeness (QED) is 0.614. The predicted octanol–water partition coefficient (Wildman–Crippen LogP) is 1.96. The lowest BCUT2D eigenvalue weighted by Gasteiger charge is -2.19. The Morgan fingerprint density at radius 2 is 2.05 bits per heavy atom. The average Bonchev–Trinajstić information content (AvgIpc) is 2.92. The average molecular weight is 282 g/mol. The Kier molecular flexibility index (Phi) is 2.86. The van der Waals surface area contributed by atoms with Gasteiger partial charge in [-0.15, -0.1) is 11.6 Å². The molecule has 1 atom stereocenters. The zero-order chi connectivity index (χ0) is 13.6. The van der Waals surface area contributed by atoms with Crippen LogP contribution in [0.15, 0.2) is 12.1 Å². The molecule has 2 aliphatic rings. The second kappa shape index (κ2) is 4.42. The van der Waals surface area contributed by atoms with Crippen molar-refractivity contribution in [3.63, 3.8) is 0 Å². The number of nitrogens with zero attached hydrogens (tertiary/aromatic N) is 1. The fourth-order valence-corrected chi connectivity index (χ4v) is 2.60. The summed E-state index contributed by atoms with van der Waals surface area (Å²) >= 11 is 6.00. The summed E-state index contributed by atoms with van der Waals surface area (Å²) in [6, 6.07) is 3.29. The van der Waals surface area contributed by atoms with Gasteiger partial charge in [0.25, 0.3) is 0 Å². The first kappa shape index (κ1) is 12.3. The van der Waals surface area contributed by atoms with Crippen LogP contribution >= 0.6 is 11.6 Å². The van der Waals surface area contributed by atoms with Crippen molar-refractivity contribution in [1.82, 2.24) is 0 Å². The van der Waals surface area contributed by atoms with Crippen molar-refractivity contribution in [1.29, 1.82) is 0 Å². The highest BCUT2D eigenvalue weighted by molar-refractivity contribution is 6.24. The molecule has 0 aromatic heterocycles. The zero-order valence-corrected chi connectivity index (χ0v) is 11.1. The molecule has 2 aliphatic heterocycles. The van der Waals surface area contributed by atoms with Crippen LogP contribution in [0.5, 0.6) is 11.5 Å². The lowest BCUT2D eigenvalue weighted by atomic mass is 10.1. The van der Waals surface area contributed by atoms with Gasteiger partial charge < -0.3 is 14.4 Å². The van der Waals surface area contributed by atoms with Crippen LogP contribution in [0.25, 0.3) is 0 Å². The molecule has 0 radical (unpaired) electrons. The van der Waals surface area contributed by atoms with Crippen LogP contribution < -0.4 is 14.4 Å². The molecule has 0 spiro atoms. The normalized spacial score (nSPS) is 21.1. The first-order chi connectivity index (χ1) is 9.06. The van der Waals surface area contributed by atoms with Crippen LogP contribution in [0.2, 0.25) is 0 Å². The topological polar surface area (TPSA) is 55.8 Å². The minimum atomic E-state index is -0.224. The van der Waals surface area contributed by atoms with E-state index in [4.69, 9.17) is 21.1 Å². The molecule has 1 aromatic carbocycles. The molecule has 2 heterocycles. The Hall–Kier alpha value is -1.75.